The lowest BCUT2D eigenvalue weighted by molar-refractivity contribution is -0.147. The molecule has 0 amide bonds. The Morgan fingerprint density at radius 2 is 2.47 bits per heavy atom. The SMILES string of the molecule is CCOC(=O)C(N)C(O)c1sccc1Br. The molecule has 0 aromatic carbocycles. The lowest BCUT2D eigenvalue weighted by atomic mass is 10.1. The highest BCUT2D eigenvalue weighted by molar-refractivity contribution is 9.10. The molecule has 4 nitrogen and oxygen atoms in total. The van der Waals surface area contributed by atoms with Gasteiger partial charge in [-0.3, -0.25) is 4.79 Å². The van der Waals surface area contributed by atoms with Crippen molar-refractivity contribution in [3.8, 4) is 0 Å². The minimum absolute atomic E-state index is 0.255. The zero-order chi connectivity index (χ0) is 11.4. The summed E-state index contributed by atoms with van der Waals surface area (Å²) < 4.78 is 5.48. The van der Waals surface area contributed by atoms with Crippen molar-refractivity contribution in [1.29, 1.82) is 0 Å². The Balaban J connectivity index is 2.72. The molecule has 15 heavy (non-hydrogen) atoms. The minimum atomic E-state index is -1.04. The average molecular weight is 294 g/mol. The number of thiophene rings is 1. The number of carbonyl (C=O) groups is 1. The molecular formula is C9H12BrNO3S. The summed E-state index contributed by atoms with van der Waals surface area (Å²) in [7, 11) is 0. The number of aliphatic hydroxyl groups excluding tert-OH is 1. The van der Waals surface area contributed by atoms with Crippen LogP contribution in [0.5, 0.6) is 0 Å². The number of esters is 1. The van der Waals surface area contributed by atoms with Gasteiger partial charge < -0.3 is 15.6 Å². The molecule has 0 aliphatic heterocycles. The van der Waals surface area contributed by atoms with Gasteiger partial charge in [0.2, 0.25) is 0 Å². The van der Waals surface area contributed by atoms with Gasteiger partial charge in [0.15, 0.2) is 0 Å². The van der Waals surface area contributed by atoms with E-state index in [1.807, 2.05) is 0 Å². The predicted molar refractivity (Wildman–Crippen MR) is 61.6 cm³/mol. The van der Waals surface area contributed by atoms with Crippen molar-refractivity contribution < 1.29 is 14.6 Å². The van der Waals surface area contributed by atoms with E-state index >= 15 is 0 Å². The number of carbonyl (C=O) groups excluding carboxylic acids is 1. The number of hydrogen-bond donors (Lipinski definition) is 2. The van der Waals surface area contributed by atoms with Crippen molar-refractivity contribution in [2.24, 2.45) is 5.73 Å². The molecule has 84 valence electrons. The first-order chi connectivity index (χ1) is 7.07. The summed E-state index contributed by atoms with van der Waals surface area (Å²) in [5.41, 5.74) is 5.57. The van der Waals surface area contributed by atoms with E-state index in [1.54, 1.807) is 18.4 Å². The molecule has 2 unspecified atom stereocenters. The van der Waals surface area contributed by atoms with Gasteiger partial charge in [0.05, 0.1) is 6.61 Å². The minimum Gasteiger partial charge on any atom is -0.465 e. The van der Waals surface area contributed by atoms with Crippen LogP contribution in [0, 0.1) is 0 Å². The van der Waals surface area contributed by atoms with Crippen LogP contribution in [-0.4, -0.2) is 23.7 Å². The summed E-state index contributed by atoms with van der Waals surface area (Å²) in [6, 6.07) is 0.751. The van der Waals surface area contributed by atoms with Gasteiger partial charge in [-0.05, 0) is 34.3 Å². The predicted octanol–water partition coefficient (Wildman–Crippen LogP) is 1.43. The maximum Gasteiger partial charge on any atom is 0.326 e. The van der Waals surface area contributed by atoms with Gasteiger partial charge in [0, 0.05) is 9.35 Å². The van der Waals surface area contributed by atoms with E-state index in [0.717, 1.165) is 4.47 Å². The molecule has 0 aliphatic carbocycles. The number of aliphatic hydroxyl groups is 1. The second-order valence-corrected chi connectivity index (χ2v) is 4.66. The number of nitrogens with two attached hydrogens (primary N) is 1. The van der Waals surface area contributed by atoms with E-state index in [9.17, 15) is 9.90 Å². The highest BCUT2D eigenvalue weighted by Crippen LogP contribution is 2.30. The van der Waals surface area contributed by atoms with Gasteiger partial charge in [-0.25, -0.2) is 0 Å². The molecule has 0 bridgehead atoms. The highest BCUT2D eigenvalue weighted by Gasteiger charge is 2.27. The molecule has 1 heterocycles. The number of halogens is 1. The second kappa shape index (κ2) is 5.60. The Bertz CT molecular complexity index is 342. The lowest BCUT2D eigenvalue weighted by Gasteiger charge is -2.16. The van der Waals surface area contributed by atoms with Gasteiger partial charge in [-0.1, -0.05) is 0 Å². The topological polar surface area (TPSA) is 72.5 Å². The largest absolute Gasteiger partial charge is 0.465 e. The van der Waals surface area contributed by atoms with E-state index in [-0.39, 0.29) is 6.61 Å². The third-order valence-electron chi connectivity index (χ3n) is 1.81. The fourth-order valence-electron chi connectivity index (χ4n) is 1.05. The maximum atomic E-state index is 11.3. The molecule has 0 radical (unpaired) electrons. The zero-order valence-electron chi connectivity index (χ0n) is 8.14. The van der Waals surface area contributed by atoms with Gasteiger partial charge >= 0.3 is 5.97 Å². The van der Waals surface area contributed by atoms with Gasteiger partial charge in [0.25, 0.3) is 0 Å². The zero-order valence-corrected chi connectivity index (χ0v) is 10.5. The Morgan fingerprint density at radius 3 is 2.93 bits per heavy atom. The van der Waals surface area contributed by atoms with Crippen LogP contribution in [0.1, 0.15) is 17.9 Å². The Kier molecular flexibility index (Phi) is 4.72. The fraction of sp³-hybridized carbons (Fsp3) is 0.444. The third kappa shape index (κ3) is 3.01. The molecule has 0 saturated heterocycles. The first-order valence-electron chi connectivity index (χ1n) is 4.41. The first-order valence-corrected chi connectivity index (χ1v) is 6.08. The molecule has 1 aromatic rings. The van der Waals surface area contributed by atoms with Crippen LogP contribution < -0.4 is 5.73 Å². The Hall–Kier alpha value is -0.430. The monoisotopic (exact) mass is 293 g/mol. The molecule has 3 N–H and O–H groups in total. The summed E-state index contributed by atoms with van der Waals surface area (Å²) >= 11 is 4.60. The van der Waals surface area contributed by atoms with Crippen molar-refractivity contribution >= 4 is 33.2 Å². The number of hydrogen-bond acceptors (Lipinski definition) is 5. The van der Waals surface area contributed by atoms with Crippen molar-refractivity contribution in [2.75, 3.05) is 6.61 Å². The third-order valence-corrected chi connectivity index (χ3v) is 3.75. The van der Waals surface area contributed by atoms with Crippen LogP contribution in [0.25, 0.3) is 0 Å². The van der Waals surface area contributed by atoms with E-state index in [2.05, 4.69) is 15.9 Å². The Morgan fingerprint density at radius 1 is 1.80 bits per heavy atom. The molecule has 6 heteroatoms. The molecule has 0 spiro atoms. The molecule has 2 atom stereocenters. The van der Waals surface area contributed by atoms with Crippen molar-refractivity contribution in [3.05, 3.63) is 20.8 Å². The quantitative estimate of drug-likeness (QED) is 0.824. The van der Waals surface area contributed by atoms with Gasteiger partial charge in [-0.15, -0.1) is 11.3 Å². The summed E-state index contributed by atoms with van der Waals surface area (Å²) in [4.78, 5) is 11.9. The van der Waals surface area contributed by atoms with E-state index in [1.165, 1.54) is 11.3 Å². The van der Waals surface area contributed by atoms with Crippen molar-refractivity contribution in [3.63, 3.8) is 0 Å². The van der Waals surface area contributed by atoms with Crippen molar-refractivity contribution in [2.45, 2.75) is 19.1 Å². The second-order valence-electron chi connectivity index (χ2n) is 2.86. The summed E-state index contributed by atoms with van der Waals surface area (Å²) in [6.45, 7) is 1.95. The molecule has 0 aliphatic rings. The molecule has 0 saturated carbocycles. The van der Waals surface area contributed by atoms with Crippen molar-refractivity contribution in [1.82, 2.24) is 0 Å². The Labute approximate surface area is 100 Å². The van der Waals surface area contributed by atoms with E-state index in [0.29, 0.717) is 4.88 Å². The van der Waals surface area contributed by atoms with Crippen LogP contribution in [-0.2, 0) is 9.53 Å². The standard InChI is InChI=1S/C9H12BrNO3S/c1-2-14-9(13)6(11)7(12)8-5(10)3-4-15-8/h3-4,6-7,12H,2,11H2,1H3. The smallest absolute Gasteiger partial charge is 0.326 e. The lowest BCUT2D eigenvalue weighted by Crippen LogP contribution is -2.38. The molecule has 1 rings (SSSR count). The van der Waals surface area contributed by atoms with Gasteiger partial charge in [0.1, 0.15) is 12.1 Å². The highest BCUT2D eigenvalue weighted by atomic mass is 79.9. The van der Waals surface area contributed by atoms with E-state index in [4.69, 9.17) is 10.5 Å². The fourth-order valence-corrected chi connectivity index (χ4v) is 2.69. The molecular weight excluding hydrogens is 282 g/mol. The van der Waals surface area contributed by atoms with Crippen LogP contribution in [0.15, 0.2) is 15.9 Å². The van der Waals surface area contributed by atoms with Crippen LogP contribution in [0.2, 0.25) is 0 Å². The normalized spacial score (nSPS) is 14.7. The number of rotatable bonds is 4. The summed E-state index contributed by atoms with van der Waals surface area (Å²) in [5.74, 6) is -0.592. The molecule has 1 aromatic heterocycles. The van der Waals surface area contributed by atoms with Crippen LogP contribution >= 0.6 is 27.3 Å². The maximum absolute atomic E-state index is 11.3. The van der Waals surface area contributed by atoms with Crippen LogP contribution in [0.3, 0.4) is 0 Å². The summed E-state index contributed by atoms with van der Waals surface area (Å²) in [6.07, 6.45) is -1.03. The van der Waals surface area contributed by atoms with Gasteiger partial charge in [-0.2, -0.15) is 0 Å². The molecule has 0 fully saturated rings. The first kappa shape index (κ1) is 12.6. The summed E-state index contributed by atoms with van der Waals surface area (Å²) in [5, 5.41) is 11.6. The average Bonchev–Trinajstić information content (AvgIpc) is 2.62. The van der Waals surface area contributed by atoms with Crippen LogP contribution in [0.4, 0.5) is 0 Å². The van der Waals surface area contributed by atoms with E-state index < -0.39 is 18.1 Å². The number of ether oxygens (including phenoxy) is 1.